The molecule has 1 aromatic carbocycles. The Kier molecular flexibility index (Phi) is 5.21. The predicted octanol–water partition coefficient (Wildman–Crippen LogP) is 2.56. The van der Waals surface area contributed by atoms with E-state index in [0.29, 0.717) is 6.42 Å². The van der Waals surface area contributed by atoms with Gasteiger partial charge in [-0.15, -0.1) is 0 Å². The molecular formula is C13H12N2OS2. The maximum Gasteiger partial charge on any atom is 0.170 e. The van der Waals surface area contributed by atoms with Gasteiger partial charge in [0.15, 0.2) is 4.34 Å². The van der Waals surface area contributed by atoms with Crippen LogP contribution in [0.5, 0.6) is 0 Å². The highest BCUT2D eigenvalue weighted by Crippen LogP contribution is 2.23. The van der Waals surface area contributed by atoms with Crippen molar-refractivity contribution in [1.82, 2.24) is 9.36 Å². The van der Waals surface area contributed by atoms with Crippen molar-refractivity contribution >= 4 is 23.3 Å². The second-order valence-corrected chi connectivity index (χ2v) is 5.47. The van der Waals surface area contributed by atoms with Gasteiger partial charge in [0.1, 0.15) is 6.33 Å². The summed E-state index contributed by atoms with van der Waals surface area (Å²) in [4.78, 5) is 4.13. The van der Waals surface area contributed by atoms with E-state index < -0.39 is 0 Å². The Morgan fingerprint density at radius 3 is 3.11 bits per heavy atom. The molecule has 0 spiro atoms. The van der Waals surface area contributed by atoms with Crippen molar-refractivity contribution in [3.8, 4) is 11.8 Å². The summed E-state index contributed by atoms with van der Waals surface area (Å²) in [6, 6.07) is 8.12. The molecule has 0 saturated heterocycles. The first kappa shape index (κ1) is 13.1. The molecule has 1 aromatic heterocycles. The van der Waals surface area contributed by atoms with Crippen LogP contribution < -0.4 is 0 Å². The second-order valence-electron chi connectivity index (χ2n) is 3.47. The van der Waals surface area contributed by atoms with Gasteiger partial charge in [-0.25, -0.2) is 4.98 Å². The molecule has 1 heterocycles. The molecule has 0 bridgehead atoms. The van der Waals surface area contributed by atoms with Crippen molar-refractivity contribution in [2.24, 2.45) is 0 Å². The lowest BCUT2D eigenvalue weighted by molar-refractivity contribution is 0.305. The average molecular weight is 276 g/mol. The van der Waals surface area contributed by atoms with Crippen LogP contribution in [0, 0.1) is 11.8 Å². The molecule has 0 fully saturated rings. The largest absolute Gasteiger partial charge is 0.395 e. The van der Waals surface area contributed by atoms with Crippen LogP contribution in [0.4, 0.5) is 0 Å². The quantitative estimate of drug-likeness (QED) is 0.688. The minimum absolute atomic E-state index is 0.111. The highest BCUT2D eigenvalue weighted by Gasteiger charge is 1.99. The number of aromatic nitrogens is 2. The number of nitrogens with zero attached hydrogens (tertiary/aromatic N) is 2. The van der Waals surface area contributed by atoms with Gasteiger partial charge in [0.2, 0.25) is 0 Å². The fourth-order valence-electron chi connectivity index (χ4n) is 1.33. The van der Waals surface area contributed by atoms with Gasteiger partial charge in [-0.05, 0) is 29.2 Å². The van der Waals surface area contributed by atoms with Crippen molar-refractivity contribution in [2.75, 3.05) is 6.61 Å². The number of aliphatic hydroxyl groups is 1. The van der Waals surface area contributed by atoms with Crippen molar-refractivity contribution in [2.45, 2.75) is 16.5 Å². The monoisotopic (exact) mass is 276 g/mol. The van der Waals surface area contributed by atoms with E-state index >= 15 is 0 Å². The topological polar surface area (TPSA) is 46.0 Å². The van der Waals surface area contributed by atoms with Crippen molar-refractivity contribution in [1.29, 1.82) is 0 Å². The van der Waals surface area contributed by atoms with E-state index in [4.69, 9.17) is 5.11 Å². The molecule has 18 heavy (non-hydrogen) atoms. The minimum Gasteiger partial charge on any atom is -0.395 e. The molecule has 0 aliphatic rings. The van der Waals surface area contributed by atoms with Crippen LogP contribution in [0.15, 0.2) is 34.9 Å². The first-order valence-corrected chi connectivity index (χ1v) is 7.22. The molecule has 0 aliphatic heterocycles. The Morgan fingerprint density at radius 1 is 1.39 bits per heavy atom. The van der Waals surface area contributed by atoms with Gasteiger partial charge < -0.3 is 5.11 Å². The summed E-state index contributed by atoms with van der Waals surface area (Å²) in [5.74, 6) is 6.82. The molecule has 0 atom stereocenters. The Hall–Kier alpha value is -1.35. The lowest BCUT2D eigenvalue weighted by Crippen LogP contribution is -1.83. The Labute approximate surface area is 114 Å². The van der Waals surface area contributed by atoms with Crippen molar-refractivity contribution < 1.29 is 5.11 Å². The number of aliphatic hydroxyl groups excluding tert-OH is 1. The zero-order valence-electron chi connectivity index (χ0n) is 9.67. The summed E-state index contributed by atoms with van der Waals surface area (Å²) >= 11 is 3.08. The van der Waals surface area contributed by atoms with E-state index in [1.54, 1.807) is 18.1 Å². The van der Waals surface area contributed by atoms with Gasteiger partial charge in [0, 0.05) is 17.7 Å². The number of hydrogen-bond acceptors (Lipinski definition) is 5. The molecule has 1 N–H and O–H groups in total. The summed E-state index contributed by atoms with van der Waals surface area (Å²) in [7, 11) is 0. The van der Waals surface area contributed by atoms with E-state index in [9.17, 15) is 0 Å². The molecule has 0 radical (unpaired) electrons. The summed E-state index contributed by atoms with van der Waals surface area (Å²) < 4.78 is 4.94. The van der Waals surface area contributed by atoms with Gasteiger partial charge in [0.25, 0.3) is 0 Å². The fourth-order valence-corrected chi connectivity index (χ4v) is 2.72. The predicted molar refractivity (Wildman–Crippen MR) is 74.5 cm³/mol. The van der Waals surface area contributed by atoms with E-state index in [1.165, 1.54) is 17.1 Å². The van der Waals surface area contributed by atoms with Crippen molar-refractivity contribution in [3.05, 3.63) is 41.7 Å². The molecule has 5 heteroatoms. The smallest absolute Gasteiger partial charge is 0.170 e. The van der Waals surface area contributed by atoms with Gasteiger partial charge in [-0.2, -0.15) is 4.37 Å². The number of rotatable bonds is 4. The normalized spacial score (nSPS) is 9.83. The third-order valence-electron chi connectivity index (χ3n) is 2.10. The fraction of sp³-hybridized carbons (Fsp3) is 0.231. The standard InChI is InChI=1S/C13H12N2OS2/c16-7-2-1-4-11-5-3-6-12(8-11)9-17-13-14-10-15-18-13/h3,5-6,8,10,16H,2,7,9H2. The Balaban J connectivity index is 1.97. The molecule has 0 saturated carbocycles. The third kappa shape index (κ3) is 4.15. The van der Waals surface area contributed by atoms with Crippen LogP contribution in [0.1, 0.15) is 17.5 Å². The van der Waals surface area contributed by atoms with Crippen LogP contribution in [0.3, 0.4) is 0 Å². The number of hydrogen-bond donors (Lipinski definition) is 1. The summed E-state index contributed by atoms with van der Waals surface area (Å²) in [6.07, 6.45) is 2.09. The molecule has 0 aliphatic carbocycles. The summed E-state index contributed by atoms with van der Waals surface area (Å²) in [6.45, 7) is 0.111. The van der Waals surface area contributed by atoms with E-state index in [2.05, 4.69) is 33.3 Å². The molecule has 0 unspecified atom stereocenters. The number of thioether (sulfide) groups is 1. The first-order valence-electron chi connectivity index (χ1n) is 5.46. The van der Waals surface area contributed by atoms with Gasteiger partial charge in [-0.3, -0.25) is 0 Å². The summed E-state index contributed by atoms with van der Waals surface area (Å²) in [5.41, 5.74) is 2.20. The van der Waals surface area contributed by atoms with Crippen LogP contribution in [-0.2, 0) is 5.75 Å². The molecule has 0 amide bonds. The van der Waals surface area contributed by atoms with Crippen LogP contribution in [0.2, 0.25) is 0 Å². The summed E-state index contributed by atoms with van der Waals surface area (Å²) in [5, 5.41) is 8.67. The minimum atomic E-state index is 0.111. The van der Waals surface area contributed by atoms with E-state index in [1.807, 2.05) is 12.1 Å². The average Bonchev–Trinajstić information content (AvgIpc) is 2.90. The Bertz CT molecular complexity index is 544. The lowest BCUT2D eigenvalue weighted by Gasteiger charge is -1.99. The third-order valence-corrected chi connectivity index (χ3v) is 3.97. The molecular weight excluding hydrogens is 264 g/mol. The maximum absolute atomic E-state index is 8.67. The highest BCUT2D eigenvalue weighted by molar-refractivity contribution is 8.00. The lowest BCUT2D eigenvalue weighted by atomic mass is 10.1. The van der Waals surface area contributed by atoms with Gasteiger partial charge >= 0.3 is 0 Å². The maximum atomic E-state index is 8.67. The number of benzene rings is 1. The van der Waals surface area contributed by atoms with Gasteiger partial charge in [0.05, 0.1) is 6.61 Å². The molecule has 3 nitrogen and oxygen atoms in total. The van der Waals surface area contributed by atoms with Gasteiger partial charge in [-0.1, -0.05) is 35.7 Å². The van der Waals surface area contributed by atoms with Crippen LogP contribution >= 0.6 is 23.3 Å². The molecule has 2 aromatic rings. The first-order chi connectivity index (χ1) is 8.88. The van der Waals surface area contributed by atoms with Crippen LogP contribution in [0.25, 0.3) is 0 Å². The van der Waals surface area contributed by atoms with E-state index in [-0.39, 0.29) is 6.61 Å². The second kappa shape index (κ2) is 7.17. The Morgan fingerprint density at radius 2 is 2.33 bits per heavy atom. The van der Waals surface area contributed by atoms with E-state index in [0.717, 1.165) is 15.7 Å². The zero-order chi connectivity index (χ0) is 12.6. The SMILES string of the molecule is OCCC#Cc1cccc(CSc2ncns2)c1. The zero-order valence-corrected chi connectivity index (χ0v) is 11.3. The molecule has 2 rings (SSSR count). The van der Waals surface area contributed by atoms with Crippen LogP contribution in [-0.4, -0.2) is 21.1 Å². The highest BCUT2D eigenvalue weighted by atomic mass is 32.2. The molecule has 92 valence electrons. The van der Waals surface area contributed by atoms with Crippen molar-refractivity contribution in [3.63, 3.8) is 0 Å².